The van der Waals surface area contributed by atoms with E-state index in [4.69, 9.17) is 4.74 Å². The summed E-state index contributed by atoms with van der Waals surface area (Å²) in [5, 5.41) is 3.02. The Kier molecular flexibility index (Phi) is 6.65. The van der Waals surface area contributed by atoms with Gasteiger partial charge in [-0.1, -0.05) is 30.3 Å². The number of likely N-dealkylation sites (tertiary alicyclic amines) is 1. The van der Waals surface area contributed by atoms with Gasteiger partial charge in [0.2, 0.25) is 5.91 Å². The van der Waals surface area contributed by atoms with Crippen LogP contribution in [-0.4, -0.2) is 41.8 Å². The van der Waals surface area contributed by atoms with Crippen LogP contribution in [0.2, 0.25) is 0 Å². The molecular formula is C23H26N2O4. The van der Waals surface area contributed by atoms with E-state index >= 15 is 0 Å². The van der Waals surface area contributed by atoms with E-state index in [1.54, 1.807) is 24.3 Å². The van der Waals surface area contributed by atoms with Gasteiger partial charge in [0.05, 0.1) is 6.42 Å². The van der Waals surface area contributed by atoms with Crippen LogP contribution in [0.15, 0.2) is 48.5 Å². The van der Waals surface area contributed by atoms with Gasteiger partial charge in [-0.15, -0.1) is 0 Å². The first kappa shape index (κ1) is 20.6. The average molecular weight is 394 g/mol. The highest BCUT2D eigenvalue weighted by Crippen LogP contribution is 2.17. The summed E-state index contributed by atoms with van der Waals surface area (Å²) in [6.07, 6.45) is 1.84. The summed E-state index contributed by atoms with van der Waals surface area (Å²) < 4.78 is 5.03. The highest BCUT2D eigenvalue weighted by Gasteiger charge is 2.24. The third kappa shape index (κ3) is 5.67. The molecule has 0 atom stereocenters. The van der Waals surface area contributed by atoms with Crippen LogP contribution in [0.25, 0.3) is 0 Å². The number of aryl methyl sites for hydroxylation is 1. The summed E-state index contributed by atoms with van der Waals surface area (Å²) in [7, 11) is 0. The lowest BCUT2D eigenvalue weighted by Crippen LogP contribution is -2.47. The van der Waals surface area contributed by atoms with Crippen molar-refractivity contribution in [1.29, 1.82) is 0 Å². The number of esters is 1. The molecule has 1 heterocycles. The van der Waals surface area contributed by atoms with Crippen molar-refractivity contribution in [1.82, 2.24) is 10.2 Å². The molecule has 1 N–H and O–H groups in total. The topological polar surface area (TPSA) is 75.7 Å². The third-order valence-corrected chi connectivity index (χ3v) is 5.14. The van der Waals surface area contributed by atoms with Gasteiger partial charge < -0.3 is 15.0 Å². The molecule has 6 nitrogen and oxygen atoms in total. The van der Waals surface area contributed by atoms with Gasteiger partial charge in [-0.05, 0) is 49.1 Å². The molecule has 0 unspecified atom stereocenters. The van der Waals surface area contributed by atoms with Crippen molar-refractivity contribution in [3.63, 3.8) is 0 Å². The van der Waals surface area contributed by atoms with Crippen molar-refractivity contribution in [3.8, 4) is 5.75 Å². The van der Waals surface area contributed by atoms with Crippen LogP contribution >= 0.6 is 0 Å². The molecule has 0 radical (unpaired) electrons. The molecule has 1 saturated heterocycles. The first-order chi connectivity index (χ1) is 13.9. The Morgan fingerprint density at radius 2 is 1.79 bits per heavy atom. The van der Waals surface area contributed by atoms with Gasteiger partial charge in [-0.2, -0.15) is 0 Å². The number of carbonyl (C=O) groups is 3. The summed E-state index contributed by atoms with van der Waals surface area (Å²) in [5.41, 5.74) is 2.63. The number of piperidine rings is 1. The van der Waals surface area contributed by atoms with Gasteiger partial charge in [-0.3, -0.25) is 14.4 Å². The van der Waals surface area contributed by atoms with Gasteiger partial charge >= 0.3 is 5.97 Å². The summed E-state index contributed by atoms with van der Waals surface area (Å²) in [6, 6.07) is 14.5. The van der Waals surface area contributed by atoms with E-state index in [0.29, 0.717) is 30.8 Å². The normalized spacial score (nSPS) is 14.3. The first-order valence-corrected chi connectivity index (χ1v) is 9.84. The highest BCUT2D eigenvalue weighted by atomic mass is 16.5. The van der Waals surface area contributed by atoms with Crippen LogP contribution in [0, 0.1) is 6.92 Å². The van der Waals surface area contributed by atoms with Crippen molar-refractivity contribution < 1.29 is 19.1 Å². The van der Waals surface area contributed by atoms with Gasteiger partial charge in [0.25, 0.3) is 5.91 Å². The SMILES string of the molecule is CC(=O)Oc1cccc(C(=O)NC2CCN(C(=O)Cc3ccccc3C)CC2)c1. The molecule has 0 spiro atoms. The number of nitrogens with zero attached hydrogens (tertiary/aromatic N) is 1. The summed E-state index contributed by atoms with van der Waals surface area (Å²) in [5.74, 6) is -0.158. The minimum Gasteiger partial charge on any atom is -0.427 e. The number of benzene rings is 2. The van der Waals surface area contributed by atoms with E-state index in [1.165, 1.54) is 6.92 Å². The second-order valence-electron chi connectivity index (χ2n) is 7.35. The first-order valence-electron chi connectivity index (χ1n) is 9.84. The van der Waals surface area contributed by atoms with Crippen molar-refractivity contribution in [2.45, 2.75) is 39.2 Å². The van der Waals surface area contributed by atoms with Gasteiger partial charge in [0, 0.05) is 31.6 Å². The molecule has 29 heavy (non-hydrogen) atoms. The molecule has 2 amide bonds. The van der Waals surface area contributed by atoms with E-state index in [0.717, 1.165) is 24.0 Å². The minimum absolute atomic E-state index is 0.0161. The standard InChI is InChI=1S/C23H26N2O4/c1-16-6-3-4-7-18(16)15-22(27)25-12-10-20(11-13-25)24-23(28)19-8-5-9-21(14-19)29-17(2)26/h3-9,14,20H,10-13,15H2,1-2H3,(H,24,28). The van der Waals surface area contributed by atoms with Crippen molar-refractivity contribution in [3.05, 3.63) is 65.2 Å². The van der Waals surface area contributed by atoms with Crippen LogP contribution < -0.4 is 10.1 Å². The predicted octanol–water partition coefficient (Wildman–Crippen LogP) is 2.88. The van der Waals surface area contributed by atoms with E-state index < -0.39 is 5.97 Å². The average Bonchev–Trinajstić information content (AvgIpc) is 2.70. The van der Waals surface area contributed by atoms with E-state index in [-0.39, 0.29) is 17.9 Å². The number of hydrogen-bond donors (Lipinski definition) is 1. The molecule has 6 heteroatoms. The second kappa shape index (κ2) is 9.37. The van der Waals surface area contributed by atoms with Crippen molar-refractivity contribution in [2.24, 2.45) is 0 Å². The smallest absolute Gasteiger partial charge is 0.308 e. The molecule has 0 bridgehead atoms. The monoisotopic (exact) mass is 394 g/mol. The molecule has 0 aliphatic carbocycles. The van der Waals surface area contributed by atoms with E-state index in [9.17, 15) is 14.4 Å². The molecule has 2 aromatic carbocycles. The predicted molar refractivity (Wildman–Crippen MR) is 110 cm³/mol. The maximum absolute atomic E-state index is 12.6. The fraction of sp³-hybridized carbons (Fsp3) is 0.348. The molecule has 0 saturated carbocycles. The Morgan fingerprint density at radius 3 is 2.48 bits per heavy atom. The molecule has 1 aliphatic heterocycles. The Labute approximate surface area is 170 Å². The Morgan fingerprint density at radius 1 is 1.07 bits per heavy atom. The summed E-state index contributed by atoms with van der Waals surface area (Å²) in [4.78, 5) is 38.1. The van der Waals surface area contributed by atoms with E-state index in [1.807, 2.05) is 36.1 Å². The van der Waals surface area contributed by atoms with Crippen molar-refractivity contribution >= 4 is 17.8 Å². The van der Waals surface area contributed by atoms with Gasteiger partial charge in [-0.25, -0.2) is 0 Å². The van der Waals surface area contributed by atoms with Crippen LogP contribution in [0.5, 0.6) is 5.75 Å². The Hall–Kier alpha value is -3.15. The van der Waals surface area contributed by atoms with Crippen LogP contribution in [0.1, 0.15) is 41.3 Å². The quantitative estimate of drug-likeness (QED) is 0.625. The lowest BCUT2D eigenvalue weighted by atomic mass is 10.0. The highest BCUT2D eigenvalue weighted by molar-refractivity contribution is 5.95. The fourth-order valence-corrected chi connectivity index (χ4v) is 3.49. The molecule has 3 rings (SSSR count). The van der Waals surface area contributed by atoms with E-state index in [2.05, 4.69) is 5.32 Å². The van der Waals surface area contributed by atoms with Gasteiger partial charge in [0.1, 0.15) is 5.75 Å². The molecular weight excluding hydrogens is 368 g/mol. The second-order valence-corrected chi connectivity index (χ2v) is 7.35. The maximum Gasteiger partial charge on any atom is 0.308 e. The maximum atomic E-state index is 12.6. The van der Waals surface area contributed by atoms with Crippen molar-refractivity contribution in [2.75, 3.05) is 13.1 Å². The molecule has 1 fully saturated rings. The number of ether oxygens (including phenoxy) is 1. The number of hydrogen-bond acceptors (Lipinski definition) is 4. The zero-order chi connectivity index (χ0) is 20.8. The number of carbonyl (C=O) groups excluding carboxylic acids is 3. The van der Waals surface area contributed by atoms with Crippen LogP contribution in [0.3, 0.4) is 0 Å². The lowest BCUT2D eigenvalue weighted by molar-refractivity contribution is -0.132. The lowest BCUT2D eigenvalue weighted by Gasteiger charge is -2.32. The summed E-state index contributed by atoms with van der Waals surface area (Å²) >= 11 is 0. The molecule has 1 aliphatic rings. The zero-order valence-corrected chi connectivity index (χ0v) is 16.8. The minimum atomic E-state index is -0.426. The largest absolute Gasteiger partial charge is 0.427 e. The van der Waals surface area contributed by atoms with Crippen LogP contribution in [0.4, 0.5) is 0 Å². The van der Waals surface area contributed by atoms with Crippen LogP contribution in [-0.2, 0) is 16.0 Å². The molecule has 0 aromatic heterocycles. The Bertz CT molecular complexity index is 901. The number of rotatable bonds is 5. The Balaban J connectivity index is 1.50. The summed E-state index contributed by atoms with van der Waals surface area (Å²) in [6.45, 7) is 4.59. The fourth-order valence-electron chi connectivity index (χ4n) is 3.49. The zero-order valence-electron chi connectivity index (χ0n) is 16.8. The third-order valence-electron chi connectivity index (χ3n) is 5.14. The number of nitrogens with one attached hydrogen (secondary N) is 1. The molecule has 2 aromatic rings. The molecule has 152 valence electrons. The van der Waals surface area contributed by atoms with Gasteiger partial charge in [0.15, 0.2) is 0 Å². The number of amides is 2.